The number of benzene rings is 7. The molecular weight excluding hydrogens is 717 g/mol. The van der Waals surface area contributed by atoms with Crippen LogP contribution in [0.3, 0.4) is 0 Å². The number of ether oxygens (including phenoxy) is 1. The number of anilines is 1. The number of methoxy groups -OCH3 is 1. The van der Waals surface area contributed by atoms with Gasteiger partial charge < -0.3 is 9.64 Å². The van der Waals surface area contributed by atoms with Gasteiger partial charge in [0.25, 0.3) is 0 Å². The van der Waals surface area contributed by atoms with E-state index in [0.717, 1.165) is 30.6 Å². The molecule has 12 aliphatic rings. The summed E-state index contributed by atoms with van der Waals surface area (Å²) in [5.74, 6) is 1.07. The van der Waals surface area contributed by atoms with Gasteiger partial charge in [0.05, 0.1) is 13.2 Å². The first-order valence-electron chi connectivity index (χ1n) is 21.4. The van der Waals surface area contributed by atoms with Gasteiger partial charge in [-0.1, -0.05) is 54.6 Å². The van der Waals surface area contributed by atoms with Crippen LogP contribution in [0.4, 0.5) is 14.5 Å². The molecule has 7 atom stereocenters. The molecule has 1 spiro atoms. The third kappa shape index (κ3) is 2.23. The maximum atomic E-state index is 16.5. The van der Waals surface area contributed by atoms with Crippen LogP contribution in [-0.4, -0.2) is 13.7 Å². The molecule has 2 nitrogen and oxygen atoms in total. The van der Waals surface area contributed by atoms with Crippen molar-refractivity contribution in [2.75, 3.05) is 18.6 Å². The highest BCUT2D eigenvalue weighted by molar-refractivity contribution is 6.46. The molecule has 7 unspecified atom stereocenters. The van der Waals surface area contributed by atoms with Crippen LogP contribution in [0.2, 0.25) is 0 Å². The zero-order valence-electron chi connectivity index (χ0n) is 31.3. The minimum absolute atomic E-state index is 0.0306. The van der Waals surface area contributed by atoms with E-state index in [0.29, 0.717) is 18.4 Å². The predicted octanol–water partition coefficient (Wildman–Crippen LogP) is 12.2. The van der Waals surface area contributed by atoms with Crippen molar-refractivity contribution in [3.8, 4) is 16.9 Å². The number of para-hydroxylation sites is 2. The van der Waals surface area contributed by atoms with E-state index in [1.807, 2.05) is 12.1 Å². The van der Waals surface area contributed by atoms with Crippen LogP contribution in [0.15, 0.2) is 78.4 Å². The number of rotatable bonds is 3. The number of halogens is 2. The quantitative estimate of drug-likeness (QED) is 0.167. The van der Waals surface area contributed by atoms with E-state index in [2.05, 4.69) is 47.4 Å². The summed E-state index contributed by atoms with van der Waals surface area (Å²) < 4.78 is 39.3. The normalized spacial score (nSPS) is 29.8. The number of allylic oxidation sites excluding steroid dienone is 8. The third-order valence-corrected chi connectivity index (χ3v) is 18.3. The Morgan fingerprint density at radius 3 is 2.31 bits per heavy atom. The van der Waals surface area contributed by atoms with Crippen LogP contribution in [0.1, 0.15) is 109 Å². The average Bonchev–Trinajstić information content (AvgIpc) is 4.08. The Kier molecular flexibility index (Phi) is 3.70. The number of hydrogen-bond acceptors (Lipinski definition) is 2. The van der Waals surface area contributed by atoms with E-state index in [9.17, 15) is 0 Å². The molecule has 11 aliphatic carbocycles. The van der Waals surface area contributed by atoms with Crippen LogP contribution in [-0.2, 0) is 11.8 Å². The van der Waals surface area contributed by atoms with Crippen LogP contribution in [0.5, 0.6) is 5.75 Å². The molecule has 0 aromatic heterocycles. The lowest BCUT2D eigenvalue weighted by Crippen LogP contribution is -2.39. The van der Waals surface area contributed by atoms with E-state index >= 15 is 8.78 Å². The fourth-order valence-corrected chi connectivity index (χ4v) is 17.3. The summed E-state index contributed by atoms with van der Waals surface area (Å²) in [5.41, 5.74) is 26.9. The van der Waals surface area contributed by atoms with Crippen molar-refractivity contribution in [2.24, 2.45) is 5.92 Å². The van der Waals surface area contributed by atoms with Crippen LogP contribution in [0, 0.1) is 17.6 Å². The first kappa shape index (κ1) is 27.6. The van der Waals surface area contributed by atoms with Crippen LogP contribution < -0.4 is 9.64 Å². The van der Waals surface area contributed by atoms with Gasteiger partial charge >= 0.3 is 0 Å². The van der Waals surface area contributed by atoms with Gasteiger partial charge in [-0.05, 0) is 175 Å². The lowest BCUT2D eigenvalue weighted by molar-refractivity contribution is 0.328. The highest BCUT2D eigenvalue weighted by atomic mass is 19.1. The Balaban J connectivity index is 1.09. The summed E-state index contributed by atoms with van der Waals surface area (Å²) >= 11 is 0. The second-order valence-corrected chi connectivity index (χ2v) is 19.8. The van der Waals surface area contributed by atoms with Crippen molar-refractivity contribution in [3.63, 3.8) is 0 Å². The summed E-state index contributed by atoms with van der Waals surface area (Å²) in [6.45, 7) is 0.536. The molecule has 270 valence electrons. The van der Waals surface area contributed by atoms with Gasteiger partial charge in [0.2, 0.25) is 0 Å². The van der Waals surface area contributed by atoms with Gasteiger partial charge in [0, 0.05) is 47.1 Å². The smallest absolute Gasteiger partial charge is 0.149 e. The fourth-order valence-electron chi connectivity index (χ4n) is 17.3. The Bertz CT molecular complexity index is 3720. The lowest BCUT2D eigenvalue weighted by Gasteiger charge is -2.44. The van der Waals surface area contributed by atoms with Crippen molar-refractivity contribution in [2.45, 2.75) is 54.4 Å². The largest absolute Gasteiger partial charge is 0.496 e. The average molecular weight is 746 g/mol. The number of nitrogens with zero attached hydrogens (tertiary/aromatic N) is 1. The van der Waals surface area contributed by atoms with Crippen molar-refractivity contribution in [1.29, 1.82) is 0 Å². The standard InChI is InChI=1S/C54H29F2NO/c1-58-30-8-3-2-5-25(30)53-54-16-24-14-22-12-19-9-18-10-21-11-20-13-23-15-26(27(54)17-57(53)52-28(55)6-4-7-29(52)56)38-43-34(23)33(20)40-35(21)39-31(18)32(19)41-36(22)42-37(24)51(54)50(38)49-47(42)45(41)44(39)46(40)48(43)49/h2-8,10-12,14-15,21,24,27,35-36,53H,9,13,16-17H2,1H3. The van der Waals surface area contributed by atoms with Gasteiger partial charge in [-0.2, -0.15) is 0 Å². The maximum absolute atomic E-state index is 16.5. The molecule has 0 saturated carbocycles. The topological polar surface area (TPSA) is 12.5 Å². The molecule has 4 heteroatoms. The molecular formula is C54H29F2NO. The molecule has 7 aromatic rings. The second-order valence-electron chi connectivity index (χ2n) is 19.8. The Hall–Kier alpha value is -6.00. The van der Waals surface area contributed by atoms with Crippen molar-refractivity contribution >= 4 is 65.5 Å². The summed E-state index contributed by atoms with van der Waals surface area (Å²) in [7, 11) is 1.75. The zero-order valence-corrected chi connectivity index (χ0v) is 31.3. The maximum Gasteiger partial charge on any atom is 0.149 e. The Labute approximate surface area is 330 Å². The summed E-state index contributed by atoms with van der Waals surface area (Å²) in [6, 6.07) is 15.0. The minimum Gasteiger partial charge on any atom is -0.496 e. The number of hydrogen-bond donors (Lipinski definition) is 0. The zero-order chi connectivity index (χ0) is 36.9. The fraction of sp³-hybridized carbons (Fsp3) is 0.222. The number of fused-ring (bicyclic) bond motifs is 1. The molecule has 0 N–H and O–H groups in total. The lowest BCUT2D eigenvalue weighted by atomic mass is 9.59. The predicted molar refractivity (Wildman–Crippen MR) is 224 cm³/mol. The molecule has 0 amide bonds. The van der Waals surface area contributed by atoms with E-state index in [4.69, 9.17) is 4.74 Å². The van der Waals surface area contributed by atoms with Gasteiger partial charge in [-0.15, -0.1) is 0 Å². The van der Waals surface area contributed by atoms with Gasteiger partial charge in [-0.3, -0.25) is 0 Å². The first-order chi connectivity index (χ1) is 28.6. The van der Waals surface area contributed by atoms with Gasteiger partial charge in [0.15, 0.2) is 0 Å². The van der Waals surface area contributed by atoms with E-state index in [1.54, 1.807) is 84.1 Å². The molecule has 19 rings (SSSR count). The summed E-state index contributed by atoms with van der Waals surface area (Å²) in [6.07, 6.45) is 13.6. The SMILES string of the molecule is COc1ccccc1C1N(c2c(F)cccc2F)CC2c3cc4c5c6c7c8c9c%10c%11c%12c%13c9c9c%14c%15c(c%16c9c8c5c3-%16)C21CC%15C=C(C=C%12CC%11=CC(C=C6C4)C%107)C%13%14. The highest BCUT2D eigenvalue weighted by Crippen LogP contribution is 2.80. The molecule has 1 aliphatic heterocycles. The molecule has 1 fully saturated rings. The Morgan fingerprint density at radius 1 is 0.672 bits per heavy atom. The first-order valence-corrected chi connectivity index (χ1v) is 21.4. The van der Waals surface area contributed by atoms with E-state index in [1.165, 1.54) is 78.9 Å². The second kappa shape index (κ2) is 7.78. The molecule has 0 bridgehead atoms. The molecule has 1 heterocycles. The monoisotopic (exact) mass is 745 g/mol. The van der Waals surface area contributed by atoms with Gasteiger partial charge in [0.1, 0.15) is 23.1 Å². The molecule has 0 radical (unpaired) electrons. The summed E-state index contributed by atoms with van der Waals surface area (Å²) in [4.78, 5) is 2.15. The summed E-state index contributed by atoms with van der Waals surface area (Å²) in [5, 5.41) is 12.5. The third-order valence-electron chi connectivity index (χ3n) is 18.3. The minimum atomic E-state index is -0.497. The van der Waals surface area contributed by atoms with Gasteiger partial charge in [-0.25, -0.2) is 8.78 Å². The van der Waals surface area contributed by atoms with Crippen molar-refractivity contribution in [3.05, 3.63) is 157 Å². The van der Waals surface area contributed by atoms with Crippen molar-refractivity contribution in [1.82, 2.24) is 0 Å². The van der Waals surface area contributed by atoms with Crippen LogP contribution >= 0.6 is 0 Å². The molecule has 1 saturated heterocycles. The molecule has 58 heavy (non-hydrogen) atoms. The van der Waals surface area contributed by atoms with Crippen LogP contribution in [0.25, 0.3) is 70.9 Å². The van der Waals surface area contributed by atoms with E-state index < -0.39 is 17.0 Å². The van der Waals surface area contributed by atoms with Crippen molar-refractivity contribution < 1.29 is 13.5 Å². The Morgan fingerprint density at radius 2 is 1.43 bits per heavy atom. The molecule has 7 aromatic carbocycles. The highest BCUT2D eigenvalue weighted by Gasteiger charge is 2.67. The van der Waals surface area contributed by atoms with E-state index in [-0.39, 0.29) is 29.5 Å².